The minimum atomic E-state index is -1.43. The van der Waals surface area contributed by atoms with Crippen molar-refractivity contribution in [1.29, 1.82) is 0 Å². The number of carboxylic acids is 2. The zero-order chi connectivity index (χ0) is 42.9. The fourth-order valence-electron chi connectivity index (χ4n) is 8.37. The Labute approximate surface area is 341 Å². The molecule has 2 aliphatic rings. The second kappa shape index (κ2) is 19.9. The Balaban J connectivity index is 1.68. The third kappa shape index (κ3) is 10.9. The molecule has 0 spiro atoms. The fourth-order valence-corrected chi connectivity index (χ4v) is 8.37. The van der Waals surface area contributed by atoms with Crippen molar-refractivity contribution in [3.05, 3.63) is 30.5 Å². The molecule has 2 saturated heterocycles. The summed E-state index contributed by atoms with van der Waals surface area (Å²) in [4.78, 5) is 66.5. The molecule has 2 aliphatic heterocycles. The number of methoxy groups -OCH3 is 1. The normalized spacial score (nSPS) is 30.4. The van der Waals surface area contributed by atoms with Crippen molar-refractivity contribution in [1.82, 2.24) is 30.5 Å². The van der Waals surface area contributed by atoms with E-state index in [1.807, 2.05) is 38.2 Å². The van der Waals surface area contributed by atoms with Crippen LogP contribution in [0.3, 0.4) is 0 Å². The number of rotatable bonds is 15. The van der Waals surface area contributed by atoms with E-state index >= 15 is 0 Å². The highest BCUT2D eigenvalue weighted by atomic mass is 16.6. The highest BCUT2D eigenvalue weighted by molar-refractivity contribution is 6.15. The first-order valence-electron chi connectivity index (χ1n) is 20.1. The molecule has 2 radical (unpaired) electrons. The lowest BCUT2D eigenvalue weighted by Crippen LogP contribution is -2.62. The summed E-state index contributed by atoms with van der Waals surface area (Å²) >= 11 is 0. The lowest BCUT2D eigenvalue weighted by Gasteiger charge is -2.42. The average molecular weight is 810 g/mol. The Morgan fingerprint density at radius 1 is 1.16 bits per heavy atom. The van der Waals surface area contributed by atoms with Crippen LogP contribution in [0.15, 0.2) is 30.5 Å². The number of nitrogens with two attached hydrogens (primary N) is 1. The van der Waals surface area contributed by atoms with Crippen molar-refractivity contribution in [2.45, 2.75) is 128 Å². The number of aromatic nitrogens is 3. The number of fused-ring (bicyclic) bond motifs is 1. The van der Waals surface area contributed by atoms with E-state index in [1.165, 1.54) is 14.0 Å². The molecule has 1 aromatic heterocycles. The van der Waals surface area contributed by atoms with Gasteiger partial charge in [0, 0.05) is 43.4 Å². The molecule has 0 aliphatic carbocycles. The summed E-state index contributed by atoms with van der Waals surface area (Å²) < 4.78 is 20.0. The first-order chi connectivity index (χ1) is 27.3. The summed E-state index contributed by atoms with van der Waals surface area (Å²) in [6.07, 6.45) is 1.62. The van der Waals surface area contributed by atoms with Crippen molar-refractivity contribution in [3.8, 4) is 11.3 Å². The molecule has 18 heteroatoms. The van der Waals surface area contributed by atoms with E-state index in [9.17, 15) is 34.2 Å². The van der Waals surface area contributed by atoms with Crippen LogP contribution in [0.4, 0.5) is 10.5 Å². The maximum atomic E-state index is 14.0. The van der Waals surface area contributed by atoms with Gasteiger partial charge in [-0.25, -0.2) is 4.79 Å². The molecule has 6 N–H and O–H groups in total. The minimum absolute atomic E-state index is 0.0624. The van der Waals surface area contributed by atoms with E-state index in [1.54, 1.807) is 36.4 Å². The van der Waals surface area contributed by atoms with E-state index in [0.29, 0.717) is 43.7 Å². The Kier molecular flexibility index (Phi) is 15.9. The molecule has 318 valence electrons. The zero-order valence-electron chi connectivity index (χ0n) is 34.7. The number of amides is 1. The molecule has 1 amide bonds. The summed E-state index contributed by atoms with van der Waals surface area (Å²) in [5, 5.41) is 34.1. The van der Waals surface area contributed by atoms with Crippen molar-refractivity contribution >= 4 is 43.3 Å². The van der Waals surface area contributed by atoms with Crippen LogP contribution >= 0.6 is 0 Å². The number of carboxylic acid groups (broad SMARTS) is 2. The Morgan fingerprint density at radius 3 is 2.50 bits per heavy atom. The smallest absolute Gasteiger partial charge is 0.410 e. The lowest BCUT2D eigenvalue weighted by molar-refractivity contribution is -0.170. The molecule has 4 rings (SSSR count). The molecule has 2 fully saturated rings. The van der Waals surface area contributed by atoms with Gasteiger partial charge in [-0.1, -0.05) is 38.1 Å². The number of aliphatic carboxylic acids is 2. The topological polar surface area (TPSA) is 238 Å². The summed E-state index contributed by atoms with van der Waals surface area (Å²) in [7, 11) is 8.24. The number of ether oxygens (including phenoxy) is 3. The predicted octanol–water partition coefficient (Wildman–Crippen LogP) is 3.32. The molecule has 1 aromatic carbocycles. The number of nitrogens with zero attached hydrogens (tertiary/aromatic N) is 4. The Bertz CT molecular complexity index is 1760. The van der Waals surface area contributed by atoms with Crippen LogP contribution in [0.1, 0.15) is 80.1 Å². The van der Waals surface area contributed by atoms with Gasteiger partial charge in [-0.05, 0) is 89.8 Å². The van der Waals surface area contributed by atoms with E-state index in [4.69, 9.17) is 27.8 Å². The van der Waals surface area contributed by atoms with Gasteiger partial charge in [0.2, 0.25) is 0 Å². The number of benzene rings is 1. The summed E-state index contributed by atoms with van der Waals surface area (Å²) in [6, 6.07) is 4.65. The number of carbonyl (C=O) groups excluding carboxylic acids is 3. The van der Waals surface area contributed by atoms with Crippen molar-refractivity contribution < 1.29 is 48.4 Å². The number of Topliss-reactive ketones (excluding diaryl/α,β-unsaturated/α-hetero) is 1. The molecule has 10 atom stereocenters. The molecular weight excluding hydrogens is 749 g/mol. The number of unbranched alkanes of at least 4 members (excludes halogenated alkanes) is 1. The van der Waals surface area contributed by atoms with E-state index in [-0.39, 0.29) is 31.8 Å². The van der Waals surface area contributed by atoms with Crippen LogP contribution in [-0.2, 0) is 39.9 Å². The second-order valence-corrected chi connectivity index (χ2v) is 16.2. The van der Waals surface area contributed by atoms with Gasteiger partial charge >= 0.3 is 24.0 Å². The first-order valence-corrected chi connectivity index (χ1v) is 20.1. The number of nitrogens with one attached hydrogen (secondary N) is 2. The van der Waals surface area contributed by atoms with Crippen LogP contribution in [-0.4, -0.2) is 130 Å². The minimum Gasteiger partial charge on any atom is -0.481 e. The highest BCUT2D eigenvalue weighted by Gasteiger charge is 2.59. The molecule has 58 heavy (non-hydrogen) atoms. The predicted molar refractivity (Wildman–Crippen MR) is 215 cm³/mol. The maximum absolute atomic E-state index is 14.0. The lowest BCUT2D eigenvalue weighted by atomic mass is 9.62. The van der Waals surface area contributed by atoms with Crippen LogP contribution in [0.5, 0.6) is 0 Å². The van der Waals surface area contributed by atoms with Crippen LogP contribution in [0.2, 0.25) is 5.82 Å². The molecule has 2 aromatic rings. The summed E-state index contributed by atoms with van der Waals surface area (Å²) in [6.45, 7) is 11.7. The largest absolute Gasteiger partial charge is 0.481 e. The number of ketones is 1. The molecular formula is C40H60BN7O10. The molecule has 3 heterocycles. The number of hydrogen-bond donors (Lipinski definition) is 5. The van der Waals surface area contributed by atoms with Crippen molar-refractivity contribution in [2.24, 2.45) is 17.8 Å². The number of aryl methyl sites for hydroxylation is 1. The molecule has 17 nitrogen and oxygen atoms in total. The quantitative estimate of drug-likeness (QED) is 0.0571. The average Bonchev–Trinajstić information content (AvgIpc) is 3.75. The monoisotopic (exact) mass is 809 g/mol. The number of nitrogen functional groups attached to an aromatic ring is 1. The second-order valence-electron chi connectivity index (χ2n) is 16.2. The molecule has 0 saturated carbocycles. The first kappa shape index (κ1) is 46.1. The van der Waals surface area contributed by atoms with E-state index in [0.717, 1.165) is 5.56 Å². The third-order valence-corrected chi connectivity index (χ3v) is 11.8. The van der Waals surface area contributed by atoms with Gasteiger partial charge < -0.3 is 40.8 Å². The fraction of sp³-hybridized carbons (Fsp3) is 0.675. The number of anilines is 1. The number of carbonyl (C=O) groups is 5. The molecule has 0 unspecified atom stereocenters. The number of esters is 1. The van der Waals surface area contributed by atoms with Crippen molar-refractivity contribution in [2.75, 3.05) is 32.5 Å². The van der Waals surface area contributed by atoms with Crippen molar-refractivity contribution in [3.63, 3.8) is 0 Å². The van der Waals surface area contributed by atoms with Gasteiger partial charge in [-0.2, -0.15) is 0 Å². The van der Waals surface area contributed by atoms with E-state index in [2.05, 4.69) is 20.9 Å². The Hall–Kier alpha value is -4.55. The van der Waals surface area contributed by atoms with Gasteiger partial charge in [0.25, 0.3) is 0 Å². The van der Waals surface area contributed by atoms with Gasteiger partial charge in [-0.15, -0.1) is 5.10 Å². The molecule has 0 bridgehead atoms. The standard InChI is InChI=1S/C40H60BN7O10/c1-8-31-40(6)35(48(38(55)58-40)17-10-9-16-47-22-30(45-46-47)26-12-11-13-27(42)18-26)28(14-15-43-29(36(52)53)19-32(49)50)44-21-23(2)20-39(5,56-7)34(41)24(3)33(51)25(4)37(54)57-31/h11-13,18,22-25,28-29,31,34-35,43-44H,8-10,14-17,19-21,42H2,1-7H3,(H,49,50)(H,52,53)/t23-,24+,25-,28-,29+,31-,34-,35-,39-,40-/m1/s1. The van der Waals surface area contributed by atoms with Gasteiger partial charge in [0.15, 0.2) is 5.60 Å². The van der Waals surface area contributed by atoms with Crippen LogP contribution in [0, 0.1) is 17.8 Å². The van der Waals surface area contributed by atoms with Gasteiger partial charge in [0.1, 0.15) is 29.5 Å². The zero-order valence-corrected chi connectivity index (χ0v) is 34.7. The van der Waals surface area contributed by atoms with Crippen LogP contribution < -0.4 is 16.4 Å². The van der Waals surface area contributed by atoms with Gasteiger partial charge in [-0.3, -0.25) is 28.8 Å². The number of hydrogen-bond acceptors (Lipinski definition) is 13. The number of cyclic esters (lactones) is 1. The maximum Gasteiger partial charge on any atom is 0.410 e. The van der Waals surface area contributed by atoms with E-state index < -0.39 is 89.3 Å². The third-order valence-electron chi connectivity index (χ3n) is 11.8. The Morgan fingerprint density at radius 2 is 1.86 bits per heavy atom. The summed E-state index contributed by atoms with van der Waals surface area (Å²) in [5.41, 5.74) is 5.68. The summed E-state index contributed by atoms with van der Waals surface area (Å²) in [5.74, 6) is -6.53. The highest BCUT2D eigenvalue weighted by Crippen LogP contribution is 2.41. The van der Waals surface area contributed by atoms with Crippen LogP contribution in [0.25, 0.3) is 11.3 Å². The van der Waals surface area contributed by atoms with Gasteiger partial charge in [0.05, 0.1) is 32.1 Å². The SMILES string of the molecule is [B][C@@H]1[C@@H](C)C(=O)[C@@H](C)C(=O)O[C@H](CC)[C@@]2(C)OC(=O)N(CCCCn3cc(-c4cccc(N)c4)nn3)[C@@H]2[C@@H](CCN[C@@H](CC(=O)O)C(=O)O)NC[C@H](C)C[C@@]1(C)OC.